The zero-order valence-electron chi connectivity index (χ0n) is 13.2. The molecular weight excluding hydrogens is 296 g/mol. The minimum absolute atomic E-state index is 0.121. The number of nitrogens with zero attached hydrogens (tertiary/aromatic N) is 4. The molecule has 1 saturated heterocycles. The molecule has 3 rings (SSSR count). The van der Waals surface area contributed by atoms with Gasteiger partial charge in [0.1, 0.15) is 5.01 Å². The lowest BCUT2D eigenvalue weighted by molar-refractivity contribution is 0.0746. The maximum Gasteiger partial charge on any atom is 0.253 e. The van der Waals surface area contributed by atoms with Gasteiger partial charge in [0.15, 0.2) is 0 Å². The van der Waals surface area contributed by atoms with Crippen LogP contribution >= 0.6 is 11.3 Å². The maximum atomic E-state index is 12.6. The zero-order valence-corrected chi connectivity index (χ0v) is 14.0. The van der Waals surface area contributed by atoms with Gasteiger partial charge in [0.25, 0.3) is 5.91 Å². The van der Waals surface area contributed by atoms with E-state index in [9.17, 15) is 4.79 Å². The summed E-state index contributed by atoms with van der Waals surface area (Å²) in [6.45, 7) is 9.14. The lowest BCUT2D eigenvalue weighted by atomic mass is 10.1. The molecule has 1 aliphatic heterocycles. The topological polar surface area (TPSA) is 49.3 Å². The third-order valence-electron chi connectivity index (χ3n) is 4.11. The van der Waals surface area contributed by atoms with Gasteiger partial charge in [0.05, 0.1) is 0 Å². The summed E-state index contributed by atoms with van der Waals surface area (Å²) >= 11 is 1.60. The van der Waals surface area contributed by atoms with Crippen LogP contribution in [0, 0.1) is 20.8 Å². The van der Waals surface area contributed by atoms with Gasteiger partial charge < -0.3 is 9.80 Å². The lowest BCUT2D eigenvalue weighted by Crippen LogP contribution is -2.48. The van der Waals surface area contributed by atoms with Crippen molar-refractivity contribution in [2.24, 2.45) is 0 Å². The second kappa shape index (κ2) is 6.04. The van der Waals surface area contributed by atoms with E-state index in [1.165, 1.54) is 5.56 Å². The van der Waals surface area contributed by atoms with Crippen LogP contribution in [-0.4, -0.2) is 47.2 Å². The van der Waals surface area contributed by atoms with Crippen LogP contribution in [0.1, 0.15) is 26.5 Å². The molecule has 0 unspecified atom stereocenters. The molecule has 22 heavy (non-hydrogen) atoms. The van der Waals surface area contributed by atoms with Gasteiger partial charge in [-0.3, -0.25) is 4.79 Å². The Morgan fingerprint density at radius 3 is 2.36 bits per heavy atom. The summed E-state index contributed by atoms with van der Waals surface area (Å²) < 4.78 is 0. The summed E-state index contributed by atoms with van der Waals surface area (Å²) in [4.78, 5) is 16.7. The van der Waals surface area contributed by atoms with Crippen LogP contribution in [0.2, 0.25) is 0 Å². The molecule has 0 aliphatic carbocycles. The molecule has 0 spiro atoms. The van der Waals surface area contributed by atoms with Crippen LogP contribution in [0.5, 0.6) is 0 Å². The number of aryl methyl sites for hydroxylation is 3. The van der Waals surface area contributed by atoms with Crippen LogP contribution in [0.15, 0.2) is 18.2 Å². The van der Waals surface area contributed by atoms with Gasteiger partial charge in [-0.2, -0.15) is 0 Å². The normalized spacial score (nSPS) is 15.2. The minimum atomic E-state index is 0.121. The number of hydrogen-bond acceptors (Lipinski definition) is 5. The molecule has 1 fully saturated rings. The summed E-state index contributed by atoms with van der Waals surface area (Å²) in [6.07, 6.45) is 0. The molecule has 1 aromatic carbocycles. The number of piperazine rings is 1. The smallest absolute Gasteiger partial charge is 0.253 e. The highest BCUT2D eigenvalue weighted by atomic mass is 32.1. The fraction of sp³-hybridized carbons (Fsp3) is 0.438. The standard InChI is InChI=1S/C16H20N4OS/c1-11-4-5-14(10-12(11)2)15(21)19-6-8-20(9-7-19)16-18-17-13(3)22-16/h4-5,10H,6-9H2,1-3H3. The molecule has 0 saturated carbocycles. The van der Waals surface area contributed by atoms with Crippen molar-refractivity contribution in [1.82, 2.24) is 15.1 Å². The largest absolute Gasteiger partial charge is 0.343 e. The second-order valence-electron chi connectivity index (χ2n) is 5.68. The molecule has 6 heteroatoms. The van der Waals surface area contributed by atoms with E-state index in [1.54, 1.807) is 11.3 Å². The molecule has 1 aliphatic rings. The van der Waals surface area contributed by atoms with Crippen molar-refractivity contribution < 1.29 is 4.79 Å². The first kappa shape index (κ1) is 15.0. The Morgan fingerprint density at radius 1 is 1.05 bits per heavy atom. The van der Waals surface area contributed by atoms with E-state index < -0.39 is 0 Å². The highest BCUT2D eigenvalue weighted by Crippen LogP contribution is 2.21. The van der Waals surface area contributed by atoms with E-state index in [2.05, 4.69) is 22.0 Å². The fourth-order valence-electron chi connectivity index (χ4n) is 2.57. The Hall–Kier alpha value is -1.95. The van der Waals surface area contributed by atoms with Crippen LogP contribution < -0.4 is 4.90 Å². The van der Waals surface area contributed by atoms with Gasteiger partial charge >= 0.3 is 0 Å². The van der Waals surface area contributed by atoms with Crippen molar-refractivity contribution in [3.05, 3.63) is 39.9 Å². The van der Waals surface area contributed by atoms with Gasteiger partial charge in [0.2, 0.25) is 5.13 Å². The number of anilines is 1. The molecule has 2 heterocycles. The number of carbonyl (C=O) groups excluding carboxylic acids is 1. The number of aromatic nitrogens is 2. The maximum absolute atomic E-state index is 12.6. The average Bonchev–Trinajstić information content (AvgIpc) is 2.96. The first-order valence-electron chi connectivity index (χ1n) is 7.46. The molecule has 2 aromatic rings. The first-order chi connectivity index (χ1) is 10.5. The Bertz CT molecular complexity index is 689. The van der Waals surface area contributed by atoms with E-state index in [0.29, 0.717) is 0 Å². The monoisotopic (exact) mass is 316 g/mol. The van der Waals surface area contributed by atoms with Crippen molar-refractivity contribution in [3.8, 4) is 0 Å². The van der Waals surface area contributed by atoms with Gasteiger partial charge in [-0.25, -0.2) is 0 Å². The Morgan fingerprint density at radius 2 is 1.77 bits per heavy atom. The van der Waals surface area contributed by atoms with Crippen molar-refractivity contribution >= 4 is 22.4 Å². The van der Waals surface area contributed by atoms with Crippen LogP contribution in [-0.2, 0) is 0 Å². The Kier molecular flexibility index (Phi) is 4.11. The number of benzene rings is 1. The fourth-order valence-corrected chi connectivity index (χ4v) is 3.31. The van der Waals surface area contributed by atoms with Gasteiger partial charge in [-0.1, -0.05) is 17.4 Å². The van der Waals surface area contributed by atoms with Crippen molar-refractivity contribution in [2.75, 3.05) is 31.1 Å². The quantitative estimate of drug-likeness (QED) is 0.854. The second-order valence-corrected chi connectivity index (χ2v) is 6.84. The van der Waals surface area contributed by atoms with Crippen LogP contribution in [0.4, 0.5) is 5.13 Å². The summed E-state index contributed by atoms with van der Waals surface area (Å²) in [5.74, 6) is 0.121. The number of hydrogen-bond donors (Lipinski definition) is 0. The zero-order chi connectivity index (χ0) is 15.7. The highest BCUT2D eigenvalue weighted by molar-refractivity contribution is 7.15. The van der Waals surface area contributed by atoms with E-state index in [1.807, 2.05) is 36.9 Å². The van der Waals surface area contributed by atoms with Crippen LogP contribution in [0.25, 0.3) is 0 Å². The number of amides is 1. The summed E-state index contributed by atoms with van der Waals surface area (Å²) in [5, 5.41) is 10.2. The van der Waals surface area contributed by atoms with E-state index >= 15 is 0 Å². The summed E-state index contributed by atoms with van der Waals surface area (Å²) in [5.41, 5.74) is 3.16. The Balaban J connectivity index is 1.65. The van der Waals surface area contributed by atoms with E-state index in [0.717, 1.165) is 47.4 Å². The predicted molar refractivity (Wildman–Crippen MR) is 88.7 cm³/mol. The molecule has 1 amide bonds. The minimum Gasteiger partial charge on any atom is -0.343 e. The van der Waals surface area contributed by atoms with Gasteiger partial charge in [-0.15, -0.1) is 10.2 Å². The average molecular weight is 316 g/mol. The number of rotatable bonds is 2. The molecule has 0 bridgehead atoms. The van der Waals surface area contributed by atoms with E-state index in [-0.39, 0.29) is 5.91 Å². The van der Waals surface area contributed by atoms with Crippen molar-refractivity contribution in [1.29, 1.82) is 0 Å². The molecule has 116 valence electrons. The third kappa shape index (κ3) is 2.97. The van der Waals surface area contributed by atoms with Crippen molar-refractivity contribution in [3.63, 3.8) is 0 Å². The molecule has 0 N–H and O–H groups in total. The predicted octanol–water partition coefficient (Wildman–Crippen LogP) is 2.43. The van der Waals surface area contributed by atoms with Crippen LogP contribution in [0.3, 0.4) is 0 Å². The molecule has 0 atom stereocenters. The molecule has 5 nitrogen and oxygen atoms in total. The van der Waals surface area contributed by atoms with E-state index in [4.69, 9.17) is 0 Å². The highest BCUT2D eigenvalue weighted by Gasteiger charge is 2.24. The van der Waals surface area contributed by atoms with Gasteiger partial charge in [0, 0.05) is 31.7 Å². The number of carbonyl (C=O) groups is 1. The summed E-state index contributed by atoms with van der Waals surface area (Å²) in [6, 6.07) is 5.92. The lowest BCUT2D eigenvalue weighted by Gasteiger charge is -2.34. The first-order valence-corrected chi connectivity index (χ1v) is 8.28. The van der Waals surface area contributed by atoms with Gasteiger partial charge in [-0.05, 0) is 44.0 Å². The molecular formula is C16H20N4OS. The summed E-state index contributed by atoms with van der Waals surface area (Å²) in [7, 11) is 0. The Labute approximate surface area is 134 Å². The molecule has 1 aromatic heterocycles. The molecule has 0 radical (unpaired) electrons. The van der Waals surface area contributed by atoms with Crippen molar-refractivity contribution in [2.45, 2.75) is 20.8 Å². The SMILES string of the molecule is Cc1nnc(N2CCN(C(=O)c3ccc(C)c(C)c3)CC2)s1. The third-order valence-corrected chi connectivity index (χ3v) is 5.01.